The third kappa shape index (κ3) is 3.51. The Morgan fingerprint density at radius 3 is 2.69 bits per heavy atom. The van der Waals surface area contributed by atoms with Crippen LogP contribution in [0.3, 0.4) is 0 Å². The minimum atomic E-state index is -0.790. The predicted molar refractivity (Wildman–Crippen MR) is 136 cm³/mol. The van der Waals surface area contributed by atoms with Gasteiger partial charge in [0.1, 0.15) is 17.6 Å². The van der Waals surface area contributed by atoms with Crippen molar-refractivity contribution in [3.63, 3.8) is 0 Å². The van der Waals surface area contributed by atoms with E-state index in [9.17, 15) is 14.7 Å². The molecule has 1 aromatic heterocycles. The normalized spacial score (nSPS) is 20.9. The largest absolute Gasteiger partial charge is 0.507 e. The smallest absolute Gasteiger partial charge is 0.301 e. The van der Waals surface area contributed by atoms with Crippen LogP contribution in [0.4, 0.5) is 5.13 Å². The molecule has 6 nitrogen and oxygen atoms in total. The average molecular weight is 483 g/mol. The second kappa shape index (κ2) is 8.06. The monoisotopic (exact) mass is 482 g/mol. The van der Waals surface area contributed by atoms with Crippen LogP contribution in [0.15, 0.2) is 72.3 Å². The van der Waals surface area contributed by atoms with Crippen molar-refractivity contribution in [2.45, 2.75) is 32.4 Å². The van der Waals surface area contributed by atoms with Crippen LogP contribution in [0, 0.1) is 6.92 Å². The number of aliphatic hydroxyl groups is 1. The average Bonchev–Trinajstić information content (AvgIpc) is 3.51. The lowest BCUT2D eigenvalue weighted by molar-refractivity contribution is -0.132. The molecule has 1 saturated heterocycles. The molecular weight excluding hydrogens is 460 g/mol. The van der Waals surface area contributed by atoms with E-state index in [-0.39, 0.29) is 17.4 Å². The maximum atomic E-state index is 13.4. The van der Waals surface area contributed by atoms with Crippen LogP contribution in [-0.4, -0.2) is 27.9 Å². The van der Waals surface area contributed by atoms with Crippen LogP contribution in [0.1, 0.15) is 35.2 Å². The van der Waals surface area contributed by atoms with Gasteiger partial charge in [-0.2, -0.15) is 0 Å². The number of aliphatic hydroxyl groups excluding tert-OH is 1. The van der Waals surface area contributed by atoms with E-state index in [1.807, 2.05) is 68.4 Å². The topological polar surface area (TPSA) is 79.7 Å². The number of hydrogen-bond acceptors (Lipinski definition) is 6. The van der Waals surface area contributed by atoms with Crippen molar-refractivity contribution in [2.75, 3.05) is 4.90 Å². The fraction of sp³-hybridized carbons (Fsp3) is 0.179. The van der Waals surface area contributed by atoms with Crippen LogP contribution < -0.4 is 9.64 Å². The number of ketones is 1. The zero-order valence-corrected chi connectivity index (χ0v) is 20.0. The summed E-state index contributed by atoms with van der Waals surface area (Å²) in [6, 6.07) is 19.7. The van der Waals surface area contributed by atoms with Crippen molar-refractivity contribution in [3.8, 4) is 5.75 Å². The molecular formula is C28H22N2O4S. The number of carbonyl (C=O) groups is 2. The van der Waals surface area contributed by atoms with Crippen molar-refractivity contribution < 1.29 is 19.4 Å². The number of amides is 1. The summed E-state index contributed by atoms with van der Waals surface area (Å²) in [5.74, 6) is -0.843. The molecule has 0 radical (unpaired) electrons. The lowest BCUT2D eigenvalue weighted by Gasteiger charge is -2.23. The summed E-state index contributed by atoms with van der Waals surface area (Å²) in [5, 5.41) is 11.8. The first kappa shape index (κ1) is 21.6. The Kier molecular flexibility index (Phi) is 4.96. The fourth-order valence-electron chi connectivity index (χ4n) is 4.83. The molecule has 174 valence electrons. The molecule has 0 bridgehead atoms. The molecule has 6 rings (SSSR count). The molecule has 0 unspecified atom stereocenters. The molecule has 2 atom stereocenters. The summed E-state index contributed by atoms with van der Waals surface area (Å²) in [6.07, 6.45) is 0.776. The van der Waals surface area contributed by atoms with Gasteiger partial charge in [-0.15, -0.1) is 0 Å². The van der Waals surface area contributed by atoms with Gasteiger partial charge in [0.15, 0.2) is 5.13 Å². The third-order valence-corrected chi connectivity index (χ3v) is 7.49. The Morgan fingerprint density at radius 2 is 1.89 bits per heavy atom. The number of aromatic nitrogens is 1. The number of fused-ring (bicyclic) bond motifs is 2. The van der Waals surface area contributed by atoms with Crippen molar-refractivity contribution in [1.82, 2.24) is 4.98 Å². The van der Waals surface area contributed by atoms with E-state index in [0.29, 0.717) is 10.7 Å². The van der Waals surface area contributed by atoms with E-state index in [0.717, 1.165) is 39.1 Å². The molecule has 1 amide bonds. The SMILES string of the molecule is Cc1ccc2nc(N3C(=O)C(=O)C(=C(O)c4ccc5c(c4)C[C@@H](C)O5)[C@@H]3c3ccccc3)sc2c1. The van der Waals surface area contributed by atoms with Gasteiger partial charge in [-0.25, -0.2) is 4.98 Å². The van der Waals surface area contributed by atoms with Crippen LogP contribution in [-0.2, 0) is 16.0 Å². The molecule has 4 aromatic rings. The van der Waals surface area contributed by atoms with Crippen molar-refractivity contribution in [2.24, 2.45) is 0 Å². The van der Waals surface area contributed by atoms with E-state index in [1.54, 1.807) is 12.1 Å². The number of anilines is 1. The molecule has 0 aliphatic carbocycles. The number of Topliss-reactive ketones (excluding diaryl/α,β-unsaturated/α-hetero) is 1. The molecule has 35 heavy (non-hydrogen) atoms. The highest BCUT2D eigenvalue weighted by Crippen LogP contribution is 2.44. The number of hydrogen-bond donors (Lipinski definition) is 1. The summed E-state index contributed by atoms with van der Waals surface area (Å²) < 4.78 is 6.71. The Hall–Kier alpha value is -3.97. The molecule has 7 heteroatoms. The Balaban J connectivity index is 1.53. The summed E-state index contributed by atoms with van der Waals surface area (Å²) in [6.45, 7) is 3.98. The first-order chi connectivity index (χ1) is 16.9. The minimum absolute atomic E-state index is 0.0555. The molecule has 2 aliphatic heterocycles. The minimum Gasteiger partial charge on any atom is -0.507 e. The van der Waals surface area contributed by atoms with E-state index in [4.69, 9.17) is 4.74 Å². The number of ether oxygens (including phenoxy) is 1. The third-order valence-electron chi connectivity index (χ3n) is 6.47. The number of nitrogens with zero attached hydrogens (tertiary/aromatic N) is 2. The fourth-order valence-corrected chi connectivity index (χ4v) is 5.92. The first-order valence-electron chi connectivity index (χ1n) is 11.4. The van der Waals surface area contributed by atoms with Crippen molar-refractivity contribution in [1.29, 1.82) is 0 Å². The number of rotatable bonds is 3. The molecule has 3 heterocycles. The maximum Gasteiger partial charge on any atom is 0.301 e. The molecule has 1 N–H and O–H groups in total. The Morgan fingerprint density at radius 1 is 1.09 bits per heavy atom. The van der Waals surface area contributed by atoms with Gasteiger partial charge in [0.05, 0.1) is 21.8 Å². The van der Waals surface area contributed by atoms with Crippen LogP contribution in [0.25, 0.3) is 16.0 Å². The molecule has 1 fully saturated rings. The van der Waals surface area contributed by atoms with Gasteiger partial charge in [0.25, 0.3) is 5.78 Å². The van der Waals surface area contributed by atoms with Gasteiger partial charge >= 0.3 is 5.91 Å². The van der Waals surface area contributed by atoms with Gasteiger partial charge in [0.2, 0.25) is 0 Å². The van der Waals surface area contributed by atoms with Gasteiger partial charge in [-0.1, -0.05) is 47.7 Å². The van der Waals surface area contributed by atoms with Crippen molar-refractivity contribution in [3.05, 3.63) is 94.6 Å². The number of benzene rings is 3. The Bertz CT molecular complexity index is 1540. The van der Waals surface area contributed by atoms with E-state index >= 15 is 0 Å². The molecule has 0 saturated carbocycles. The van der Waals surface area contributed by atoms with E-state index in [2.05, 4.69) is 4.98 Å². The molecule has 3 aromatic carbocycles. The quantitative estimate of drug-likeness (QED) is 0.235. The zero-order valence-electron chi connectivity index (χ0n) is 19.2. The number of aryl methyl sites for hydroxylation is 1. The van der Waals surface area contributed by atoms with E-state index < -0.39 is 17.7 Å². The highest BCUT2D eigenvalue weighted by atomic mass is 32.1. The lowest BCUT2D eigenvalue weighted by atomic mass is 9.94. The summed E-state index contributed by atoms with van der Waals surface area (Å²) in [7, 11) is 0. The van der Waals surface area contributed by atoms with Gasteiger partial charge < -0.3 is 9.84 Å². The second-order valence-corrected chi connectivity index (χ2v) is 10.0. The summed E-state index contributed by atoms with van der Waals surface area (Å²) in [5.41, 5.74) is 4.08. The van der Waals surface area contributed by atoms with Gasteiger partial charge in [0, 0.05) is 12.0 Å². The maximum absolute atomic E-state index is 13.4. The first-order valence-corrected chi connectivity index (χ1v) is 12.3. The Labute approximate surface area is 206 Å². The molecule has 0 spiro atoms. The summed E-state index contributed by atoms with van der Waals surface area (Å²) in [4.78, 5) is 32.9. The predicted octanol–water partition coefficient (Wildman–Crippen LogP) is 5.55. The number of thiazole rings is 1. The van der Waals surface area contributed by atoms with Crippen LogP contribution in [0.5, 0.6) is 5.75 Å². The standard InChI is InChI=1S/C28H22N2O4S/c1-15-8-10-20-22(12-15)35-28(29-20)30-24(17-6-4-3-5-7-17)23(26(32)27(30)33)25(31)18-9-11-21-19(14-18)13-16(2)34-21/h3-12,14,16,24,31H,13H2,1-2H3/t16-,24+/m1/s1. The lowest BCUT2D eigenvalue weighted by Crippen LogP contribution is -2.29. The molecule has 2 aliphatic rings. The van der Waals surface area contributed by atoms with Crippen LogP contribution in [0.2, 0.25) is 0 Å². The number of carbonyl (C=O) groups excluding carboxylic acids is 2. The zero-order chi connectivity index (χ0) is 24.3. The highest BCUT2D eigenvalue weighted by molar-refractivity contribution is 7.22. The summed E-state index contributed by atoms with van der Waals surface area (Å²) >= 11 is 1.36. The van der Waals surface area contributed by atoms with Gasteiger partial charge in [-0.3, -0.25) is 14.5 Å². The van der Waals surface area contributed by atoms with Crippen LogP contribution >= 0.6 is 11.3 Å². The van der Waals surface area contributed by atoms with E-state index in [1.165, 1.54) is 16.2 Å². The second-order valence-electron chi connectivity index (χ2n) is 9.00. The van der Waals surface area contributed by atoms with Gasteiger partial charge in [-0.05, 0) is 60.9 Å². The highest BCUT2D eigenvalue weighted by Gasteiger charge is 2.48. The van der Waals surface area contributed by atoms with Crippen molar-refractivity contribution >= 4 is 44.1 Å².